The number of carbonyl (C=O) groups is 1. The second kappa shape index (κ2) is 13.4. The zero-order valence-electron chi connectivity index (χ0n) is 21.3. The van der Waals surface area contributed by atoms with E-state index in [-0.39, 0.29) is 5.91 Å². The first kappa shape index (κ1) is 26.9. The van der Waals surface area contributed by atoms with Crippen LogP contribution in [0.4, 0.5) is 0 Å². The van der Waals surface area contributed by atoms with E-state index in [1.165, 1.54) is 0 Å². The normalized spacial score (nSPS) is 13.8. The minimum Gasteiger partial charge on any atom is -0.496 e. The number of nitrogens with one attached hydrogen (secondary N) is 1. The molecule has 37 heavy (non-hydrogen) atoms. The number of nitrogens with zero attached hydrogens (tertiary/aromatic N) is 3. The number of halogens is 1. The number of morpholine rings is 1. The maximum Gasteiger partial charge on any atom is 0.251 e. The summed E-state index contributed by atoms with van der Waals surface area (Å²) in [4.78, 5) is 24.0. The van der Waals surface area contributed by atoms with Crippen LogP contribution >= 0.6 is 11.6 Å². The van der Waals surface area contributed by atoms with Crippen LogP contribution in [0.15, 0.2) is 48.7 Å². The van der Waals surface area contributed by atoms with E-state index in [0.717, 1.165) is 55.5 Å². The molecule has 8 nitrogen and oxygen atoms in total. The molecule has 0 radical (unpaired) electrons. The van der Waals surface area contributed by atoms with E-state index in [1.807, 2.05) is 49.4 Å². The fourth-order valence-electron chi connectivity index (χ4n) is 4.26. The van der Waals surface area contributed by atoms with Gasteiger partial charge in [-0.15, -0.1) is 0 Å². The summed E-state index contributed by atoms with van der Waals surface area (Å²) in [7, 11) is 1.64. The predicted octanol–water partition coefficient (Wildman–Crippen LogP) is 3.78. The predicted molar refractivity (Wildman–Crippen MR) is 143 cm³/mol. The molecule has 1 aliphatic heterocycles. The molecule has 0 atom stereocenters. The van der Waals surface area contributed by atoms with Crippen molar-refractivity contribution in [1.82, 2.24) is 20.2 Å². The van der Waals surface area contributed by atoms with Crippen molar-refractivity contribution in [2.75, 3.05) is 53.1 Å². The zero-order valence-corrected chi connectivity index (χ0v) is 22.1. The summed E-state index contributed by atoms with van der Waals surface area (Å²) >= 11 is 6.47. The number of ether oxygens (including phenoxy) is 3. The van der Waals surface area contributed by atoms with Crippen molar-refractivity contribution in [3.63, 3.8) is 0 Å². The molecule has 1 aromatic heterocycles. The summed E-state index contributed by atoms with van der Waals surface area (Å²) in [5.74, 6) is 2.01. The third-order valence-electron chi connectivity index (χ3n) is 6.20. The van der Waals surface area contributed by atoms with Gasteiger partial charge in [-0.05, 0) is 36.8 Å². The van der Waals surface area contributed by atoms with Crippen molar-refractivity contribution in [1.29, 1.82) is 0 Å². The molecule has 1 fully saturated rings. The number of benzene rings is 2. The van der Waals surface area contributed by atoms with E-state index in [2.05, 4.69) is 15.2 Å². The Morgan fingerprint density at radius 3 is 2.73 bits per heavy atom. The van der Waals surface area contributed by atoms with Crippen LogP contribution in [0.3, 0.4) is 0 Å². The molecule has 4 rings (SSSR count). The van der Waals surface area contributed by atoms with Gasteiger partial charge in [-0.3, -0.25) is 9.69 Å². The van der Waals surface area contributed by atoms with Gasteiger partial charge in [-0.1, -0.05) is 29.8 Å². The lowest BCUT2D eigenvalue weighted by Gasteiger charge is -2.26. The van der Waals surface area contributed by atoms with Crippen LogP contribution in [-0.2, 0) is 17.6 Å². The topological polar surface area (TPSA) is 85.8 Å². The Bertz CT molecular complexity index is 1200. The minimum atomic E-state index is -0.112. The minimum absolute atomic E-state index is 0.112. The van der Waals surface area contributed by atoms with E-state index >= 15 is 0 Å². The number of hydrogen-bond acceptors (Lipinski definition) is 7. The first-order valence-electron chi connectivity index (χ1n) is 12.5. The van der Waals surface area contributed by atoms with Crippen LogP contribution in [0.5, 0.6) is 11.5 Å². The van der Waals surface area contributed by atoms with Crippen LogP contribution in [0.25, 0.3) is 0 Å². The van der Waals surface area contributed by atoms with Crippen molar-refractivity contribution in [2.24, 2.45) is 0 Å². The number of rotatable bonds is 11. The largest absolute Gasteiger partial charge is 0.496 e. The van der Waals surface area contributed by atoms with E-state index in [4.69, 9.17) is 30.8 Å². The summed E-state index contributed by atoms with van der Waals surface area (Å²) in [5, 5.41) is 3.32. The smallest absolute Gasteiger partial charge is 0.251 e. The SMILES string of the molecule is CCNC(=O)c1ccccc1Cc1nc(Cc2cc(OCCN3CCOCC3)ccc2OC)ncc1Cl. The Balaban J connectivity index is 1.48. The summed E-state index contributed by atoms with van der Waals surface area (Å²) in [6.45, 7) is 7.31. The number of methoxy groups -OCH3 is 1. The van der Waals surface area contributed by atoms with Crippen molar-refractivity contribution in [3.8, 4) is 11.5 Å². The average molecular weight is 525 g/mol. The second-order valence-corrected chi connectivity index (χ2v) is 9.13. The van der Waals surface area contributed by atoms with Gasteiger partial charge in [0, 0.05) is 56.3 Å². The molecule has 1 saturated heterocycles. The molecule has 1 N–H and O–H groups in total. The molecule has 9 heteroatoms. The molecule has 0 aliphatic carbocycles. The Hall–Kier alpha value is -3.20. The molecular formula is C28H33ClN4O4. The fraction of sp³-hybridized carbons (Fsp3) is 0.393. The van der Waals surface area contributed by atoms with E-state index in [1.54, 1.807) is 13.3 Å². The molecule has 0 unspecified atom stereocenters. The highest BCUT2D eigenvalue weighted by atomic mass is 35.5. The highest BCUT2D eigenvalue weighted by Crippen LogP contribution is 2.27. The molecule has 2 heterocycles. The summed E-state index contributed by atoms with van der Waals surface area (Å²) in [6, 6.07) is 13.3. The molecule has 0 saturated carbocycles. The average Bonchev–Trinajstić information content (AvgIpc) is 2.92. The number of aromatic nitrogens is 2. The quantitative estimate of drug-likeness (QED) is 0.408. The lowest BCUT2D eigenvalue weighted by atomic mass is 10.0. The lowest BCUT2D eigenvalue weighted by molar-refractivity contribution is 0.0322. The van der Waals surface area contributed by atoms with E-state index < -0.39 is 0 Å². The Morgan fingerprint density at radius 1 is 1.14 bits per heavy atom. The Kier molecular flexibility index (Phi) is 9.71. The zero-order chi connectivity index (χ0) is 26.0. The summed E-state index contributed by atoms with van der Waals surface area (Å²) in [5.41, 5.74) is 3.06. The van der Waals surface area contributed by atoms with Crippen molar-refractivity contribution < 1.29 is 19.0 Å². The van der Waals surface area contributed by atoms with Crippen LogP contribution < -0.4 is 14.8 Å². The second-order valence-electron chi connectivity index (χ2n) is 8.73. The van der Waals surface area contributed by atoms with Crippen molar-refractivity contribution in [2.45, 2.75) is 19.8 Å². The fourth-order valence-corrected chi connectivity index (χ4v) is 4.41. The van der Waals surface area contributed by atoms with Gasteiger partial charge in [0.15, 0.2) is 0 Å². The summed E-state index contributed by atoms with van der Waals surface area (Å²) < 4.78 is 17.0. The highest BCUT2D eigenvalue weighted by molar-refractivity contribution is 6.31. The van der Waals surface area contributed by atoms with Gasteiger partial charge >= 0.3 is 0 Å². The van der Waals surface area contributed by atoms with Gasteiger partial charge in [0.2, 0.25) is 0 Å². The van der Waals surface area contributed by atoms with Crippen molar-refractivity contribution in [3.05, 3.63) is 81.9 Å². The molecule has 0 spiro atoms. The highest BCUT2D eigenvalue weighted by Gasteiger charge is 2.15. The number of hydrogen-bond donors (Lipinski definition) is 1. The van der Waals surface area contributed by atoms with Crippen LogP contribution in [-0.4, -0.2) is 73.9 Å². The van der Waals surface area contributed by atoms with Gasteiger partial charge in [-0.25, -0.2) is 9.97 Å². The molecule has 3 aromatic rings. The van der Waals surface area contributed by atoms with E-state index in [9.17, 15) is 4.79 Å². The molecular weight excluding hydrogens is 492 g/mol. The lowest BCUT2D eigenvalue weighted by Crippen LogP contribution is -2.38. The van der Waals surface area contributed by atoms with Gasteiger partial charge < -0.3 is 19.5 Å². The van der Waals surface area contributed by atoms with Crippen molar-refractivity contribution >= 4 is 17.5 Å². The molecule has 196 valence electrons. The van der Waals surface area contributed by atoms with Gasteiger partial charge in [0.25, 0.3) is 5.91 Å². The first-order valence-corrected chi connectivity index (χ1v) is 12.9. The van der Waals surface area contributed by atoms with Gasteiger partial charge in [-0.2, -0.15) is 0 Å². The summed E-state index contributed by atoms with van der Waals surface area (Å²) in [6.07, 6.45) is 2.48. The third kappa shape index (κ3) is 7.41. The van der Waals surface area contributed by atoms with Crippen LogP contribution in [0, 0.1) is 0 Å². The molecule has 2 aromatic carbocycles. The number of amides is 1. The standard InChI is InChI=1S/C28H33ClN4O4/c1-3-30-28(34)23-7-5-4-6-20(23)17-25-24(29)19-31-27(32-25)18-21-16-22(8-9-26(21)35-2)37-15-12-33-10-13-36-14-11-33/h4-9,16,19H,3,10-15,17-18H2,1-2H3,(H,30,34). The Labute approximate surface area is 222 Å². The maximum atomic E-state index is 12.5. The third-order valence-corrected chi connectivity index (χ3v) is 6.52. The number of carbonyl (C=O) groups excluding carboxylic acids is 1. The van der Waals surface area contributed by atoms with Crippen LogP contribution in [0.2, 0.25) is 5.02 Å². The van der Waals surface area contributed by atoms with E-state index in [0.29, 0.717) is 48.1 Å². The first-order chi connectivity index (χ1) is 18.1. The van der Waals surface area contributed by atoms with Gasteiger partial charge in [0.1, 0.15) is 23.9 Å². The molecule has 0 bridgehead atoms. The molecule has 1 amide bonds. The maximum absolute atomic E-state index is 12.5. The Morgan fingerprint density at radius 2 is 1.95 bits per heavy atom. The monoisotopic (exact) mass is 524 g/mol. The van der Waals surface area contributed by atoms with Gasteiger partial charge in [0.05, 0.1) is 31.0 Å². The van der Waals surface area contributed by atoms with Crippen LogP contribution in [0.1, 0.15) is 39.9 Å². The molecule has 1 aliphatic rings.